The van der Waals surface area contributed by atoms with E-state index in [0.717, 1.165) is 0 Å². The summed E-state index contributed by atoms with van der Waals surface area (Å²) >= 11 is 16.5. The van der Waals surface area contributed by atoms with Gasteiger partial charge < -0.3 is 4.74 Å². The molecule has 0 radical (unpaired) electrons. The average Bonchev–Trinajstić information content (AvgIpc) is 1.99. The summed E-state index contributed by atoms with van der Waals surface area (Å²) in [5.41, 5.74) is 0. The van der Waals surface area contributed by atoms with Gasteiger partial charge in [-0.3, -0.25) is 0 Å². The van der Waals surface area contributed by atoms with Crippen LogP contribution >= 0.6 is 34.8 Å². The molecule has 0 saturated carbocycles. The van der Waals surface area contributed by atoms with Crippen molar-refractivity contribution in [1.29, 1.82) is 0 Å². The number of hydrogen-bond donors (Lipinski definition) is 0. The number of hydrogen-bond acceptors (Lipinski definition) is 1. The Morgan fingerprint density at radius 2 is 1.60 bits per heavy atom. The van der Waals surface area contributed by atoms with Crippen LogP contribution in [0, 0.1) is 0 Å². The van der Waals surface area contributed by atoms with Crippen LogP contribution in [-0.4, -0.2) is 29.8 Å². The van der Waals surface area contributed by atoms with Crippen molar-refractivity contribution in [2.75, 3.05) is 17.6 Å². The second-order valence-corrected chi connectivity index (χ2v) is 2.96. The Labute approximate surface area is 76.6 Å². The highest BCUT2D eigenvalue weighted by molar-refractivity contribution is 6.21. The minimum Gasteiger partial charge on any atom is -0.372 e. The molecule has 0 bridgehead atoms. The van der Waals surface area contributed by atoms with E-state index in [-0.39, 0.29) is 12.2 Å². The maximum Gasteiger partial charge on any atom is 0.0849 e. The van der Waals surface area contributed by atoms with Gasteiger partial charge in [-0.05, 0) is 6.92 Å². The molecule has 0 aliphatic carbocycles. The Balaban J connectivity index is 3.41. The molecule has 0 N–H and O–H groups in total. The topological polar surface area (TPSA) is 9.23 Å². The first-order chi connectivity index (χ1) is 4.74. The number of rotatable bonds is 5. The molecular formula is C6H11Cl3O. The predicted molar refractivity (Wildman–Crippen MR) is 46.5 cm³/mol. The maximum atomic E-state index is 5.52. The fourth-order valence-electron chi connectivity index (χ4n) is 0.479. The Kier molecular flexibility index (Phi) is 7.08. The van der Waals surface area contributed by atoms with E-state index in [0.29, 0.717) is 17.6 Å². The van der Waals surface area contributed by atoms with Crippen molar-refractivity contribution in [3.8, 4) is 0 Å². The van der Waals surface area contributed by atoms with Crippen LogP contribution in [0.4, 0.5) is 0 Å². The second-order valence-electron chi connectivity index (χ2n) is 2.03. The molecule has 1 unspecified atom stereocenters. The monoisotopic (exact) mass is 204 g/mol. The molecule has 62 valence electrons. The van der Waals surface area contributed by atoms with E-state index < -0.39 is 0 Å². The van der Waals surface area contributed by atoms with Gasteiger partial charge in [0.25, 0.3) is 0 Å². The molecule has 0 aromatic rings. The summed E-state index contributed by atoms with van der Waals surface area (Å²) in [6.07, 6.45) is -0.0405. The van der Waals surface area contributed by atoms with Gasteiger partial charge in [-0.2, -0.15) is 0 Å². The van der Waals surface area contributed by atoms with Gasteiger partial charge in [-0.25, -0.2) is 0 Å². The molecule has 0 aromatic heterocycles. The largest absolute Gasteiger partial charge is 0.372 e. The van der Waals surface area contributed by atoms with Crippen LogP contribution in [0.3, 0.4) is 0 Å². The lowest BCUT2D eigenvalue weighted by atomic mass is 10.4. The third-order valence-corrected chi connectivity index (χ3v) is 2.11. The van der Waals surface area contributed by atoms with Gasteiger partial charge in [0.2, 0.25) is 0 Å². The van der Waals surface area contributed by atoms with Crippen molar-refractivity contribution < 1.29 is 4.74 Å². The summed E-state index contributed by atoms with van der Waals surface area (Å²) in [6.45, 7) is 1.89. The Hall–Kier alpha value is 0.830. The van der Waals surface area contributed by atoms with Crippen LogP contribution in [0.25, 0.3) is 0 Å². The van der Waals surface area contributed by atoms with E-state index in [1.165, 1.54) is 0 Å². The first kappa shape index (κ1) is 10.8. The predicted octanol–water partition coefficient (Wildman–Crippen LogP) is 2.48. The Morgan fingerprint density at radius 3 is 1.90 bits per heavy atom. The summed E-state index contributed by atoms with van der Waals surface area (Å²) < 4.78 is 5.30. The third-order valence-electron chi connectivity index (χ3n) is 0.986. The number of ether oxygens (including phenoxy) is 1. The summed E-state index contributed by atoms with van der Waals surface area (Å²) in [4.78, 5) is 0. The summed E-state index contributed by atoms with van der Waals surface area (Å²) in [5.74, 6) is 1.32. The third kappa shape index (κ3) is 4.62. The first-order valence-corrected chi connectivity index (χ1v) is 4.68. The van der Waals surface area contributed by atoms with Crippen molar-refractivity contribution in [3.05, 3.63) is 0 Å². The molecule has 0 aliphatic rings. The van der Waals surface area contributed by atoms with Gasteiger partial charge in [-0.1, -0.05) is 0 Å². The molecule has 0 saturated heterocycles. The normalized spacial score (nSPS) is 14.1. The lowest BCUT2D eigenvalue weighted by Gasteiger charge is -2.16. The zero-order chi connectivity index (χ0) is 7.98. The summed E-state index contributed by atoms with van der Waals surface area (Å²) in [5, 5.41) is 0. The van der Waals surface area contributed by atoms with E-state index >= 15 is 0 Å². The Bertz CT molecular complexity index is 75.4. The first-order valence-electron chi connectivity index (χ1n) is 3.08. The fourth-order valence-corrected chi connectivity index (χ4v) is 1.03. The molecule has 0 amide bonds. The van der Waals surface area contributed by atoms with Crippen molar-refractivity contribution in [1.82, 2.24) is 0 Å². The van der Waals surface area contributed by atoms with Crippen LogP contribution in [0.15, 0.2) is 0 Å². The molecular weight excluding hydrogens is 194 g/mol. The van der Waals surface area contributed by atoms with Crippen LogP contribution in [0.1, 0.15) is 6.92 Å². The second kappa shape index (κ2) is 6.53. The molecule has 1 nitrogen and oxygen atoms in total. The summed E-state index contributed by atoms with van der Waals surface area (Å²) in [6, 6.07) is 0. The Morgan fingerprint density at radius 1 is 1.10 bits per heavy atom. The highest BCUT2D eigenvalue weighted by atomic mass is 35.5. The van der Waals surface area contributed by atoms with E-state index in [9.17, 15) is 0 Å². The van der Waals surface area contributed by atoms with Gasteiger partial charge in [0.05, 0.1) is 12.2 Å². The van der Waals surface area contributed by atoms with Gasteiger partial charge in [0.15, 0.2) is 0 Å². The molecule has 0 heterocycles. The van der Waals surface area contributed by atoms with E-state index in [1.807, 2.05) is 6.92 Å². The average molecular weight is 206 g/mol. The van der Waals surface area contributed by atoms with Gasteiger partial charge >= 0.3 is 0 Å². The van der Waals surface area contributed by atoms with Crippen LogP contribution < -0.4 is 0 Å². The SMILES string of the molecule is CC(CCl)OC(CCl)CCl. The maximum absolute atomic E-state index is 5.52. The van der Waals surface area contributed by atoms with E-state index in [2.05, 4.69) is 0 Å². The molecule has 0 spiro atoms. The quantitative estimate of drug-likeness (QED) is 0.627. The van der Waals surface area contributed by atoms with Crippen molar-refractivity contribution in [2.24, 2.45) is 0 Å². The van der Waals surface area contributed by atoms with E-state index in [1.54, 1.807) is 0 Å². The minimum atomic E-state index is -0.0721. The lowest BCUT2D eigenvalue weighted by Crippen LogP contribution is -2.23. The lowest BCUT2D eigenvalue weighted by molar-refractivity contribution is 0.0358. The van der Waals surface area contributed by atoms with Crippen molar-refractivity contribution >= 4 is 34.8 Å². The zero-order valence-corrected chi connectivity index (χ0v) is 8.09. The van der Waals surface area contributed by atoms with Crippen LogP contribution in [-0.2, 0) is 4.74 Å². The molecule has 0 rings (SSSR count). The highest BCUT2D eigenvalue weighted by Crippen LogP contribution is 2.03. The van der Waals surface area contributed by atoms with E-state index in [4.69, 9.17) is 39.5 Å². The van der Waals surface area contributed by atoms with Crippen molar-refractivity contribution in [2.45, 2.75) is 19.1 Å². The number of alkyl halides is 3. The smallest absolute Gasteiger partial charge is 0.0849 e. The van der Waals surface area contributed by atoms with Crippen LogP contribution in [0.2, 0.25) is 0 Å². The molecule has 0 aliphatic heterocycles. The van der Waals surface area contributed by atoms with Crippen molar-refractivity contribution in [3.63, 3.8) is 0 Å². The minimum absolute atomic E-state index is 0.0316. The van der Waals surface area contributed by atoms with Gasteiger partial charge in [0, 0.05) is 17.6 Å². The highest BCUT2D eigenvalue weighted by Gasteiger charge is 2.09. The molecule has 4 heteroatoms. The van der Waals surface area contributed by atoms with Crippen LogP contribution in [0.5, 0.6) is 0 Å². The standard InChI is InChI=1S/C6H11Cl3O/c1-5(2-7)10-6(3-8)4-9/h5-6H,2-4H2,1H3. The van der Waals surface area contributed by atoms with Gasteiger partial charge in [0.1, 0.15) is 0 Å². The molecule has 10 heavy (non-hydrogen) atoms. The van der Waals surface area contributed by atoms with Gasteiger partial charge in [-0.15, -0.1) is 34.8 Å². The summed E-state index contributed by atoms with van der Waals surface area (Å²) in [7, 11) is 0. The molecule has 0 fully saturated rings. The number of halogens is 3. The zero-order valence-electron chi connectivity index (χ0n) is 5.82. The fraction of sp³-hybridized carbons (Fsp3) is 1.00. The molecule has 0 aromatic carbocycles. The molecule has 1 atom stereocenters.